The molecule has 1 saturated carbocycles. The van der Waals surface area contributed by atoms with E-state index in [9.17, 15) is 24.0 Å². The van der Waals surface area contributed by atoms with Gasteiger partial charge in [0, 0.05) is 37.8 Å². The first-order valence-corrected chi connectivity index (χ1v) is 10.6. The van der Waals surface area contributed by atoms with Crippen molar-refractivity contribution in [2.45, 2.75) is 83.4 Å². The highest BCUT2D eigenvalue weighted by Gasteiger charge is 2.63. The molecular weight excluding hydrogens is 436 g/mol. The number of epoxide rings is 1. The Morgan fingerprint density at radius 1 is 1.12 bits per heavy atom. The van der Waals surface area contributed by atoms with Crippen LogP contribution in [0.3, 0.4) is 0 Å². The highest BCUT2D eigenvalue weighted by molar-refractivity contribution is 5.94. The Kier molecular flexibility index (Phi) is 6.52. The predicted octanol–water partition coefficient (Wildman–Crippen LogP) is 1.49. The molecule has 1 aliphatic carbocycles. The standard InChI is InChI=1S/C23H28O10/c1-11(2)20(27)30-15-9-23(6,32-13(4)25)16(26)7-8-22(5)19(33-22)18-17(15)14(21(28)31-18)10-29-12(3)24/h15,18-19H,1,7-10H2,2-6H3/t15-,18?,19+,22+,23-/m0/s1. The van der Waals surface area contributed by atoms with Crippen LogP contribution >= 0.6 is 0 Å². The maximum Gasteiger partial charge on any atom is 0.338 e. The molecular formula is C23H28O10. The van der Waals surface area contributed by atoms with Crippen molar-refractivity contribution in [1.29, 1.82) is 0 Å². The Morgan fingerprint density at radius 3 is 2.36 bits per heavy atom. The first-order valence-electron chi connectivity index (χ1n) is 10.6. The van der Waals surface area contributed by atoms with E-state index in [0.717, 1.165) is 0 Å². The van der Waals surface area contributed by atoms with Gasteiger partial charge in [-0.05, 0) is 27.2 Å². The van der Waals surface area contributed by atoms with Crippen LogP contribution < -0.4 is 0 Å². The lowest BCUT2D eigenvalue weighted by Crippen LogP contribution is -2.47. The number of rotatable bonds is 5. The van der Waals surface area contributed by atoms with Gasteiger partial charge in [-0.15, -0.1) is 0 Å². The van der Waals surface area contributed by atoms with Crippen molar-refractivity contribution in [3.8, 4) is 0 Å². The Labute approximate surface area is 191 Å². The first kappa shape index (κ1) is 24.6. The van der Waals surface area contributed by atoms with E-state index in [1.807, 2.05) is 0 Å². The van der Waals surface area contributed by atoms with Gasteiger partial charge in [0.25, 0.3) is 0 Å². The van der Waals surface area contributed by atoms with Crippen molar-refractivity contribution >= 4 is 29.7 Å². The molecule has 3 rings (SSSR count). The molecule has 0 aromatic carbocycles. The summed E-state index contributed by atoms with van der Waals surface area (Å²) < 4.78 is 27.5. The molecule has 0 radical (unpaired) electrons. The number of ketones is 1. The zero-order chi connectivity index (χ0) is 24.7. The van der Waals surface area contributed by atoms with Gasteiger partial charge in [0.05, 0.1) is 11.2 Å². The Morgan fingerprint density at radius 2 is 1.79 bits per heavy atom. The second-order valence-corrected chi connectivity index (χ2v) is 9.02. The van der Waals surface area contributed by atoms with E-state index in [1.165, 1.54) is 27.7 Å². The second-order valence-electron chi connectivity index (χ2n) is 9.02. The zero-order valence-electron chi connectivity index (χ0n) is 19.4. The third kappa shape index (κ3) is 5.00. The Hall–Kier alpha value is -3.01. The van der Waals surface area contributed by atoms with Crippen molar-refractivity contribution in [1.82, 2.24) is 0 Å². The number of hydrogen-bond acceptors (Lipinski definition) is 10. The smallest absolute Gasteiger partial charge is 0.338 e. The average molecular weight is 464 g/mol. The maximum absolute atomic E-state index is 13.1. The summed E-state index contributed by atoms with van der Waals surface area (Å²) >= 11 is 0. The molecule has 5 atom stereocenters. The fourth-order valence-electron chi connectivity index (χ4n) is 4.25. The molecule has 1 saturated heterocycles. The Balaban J connectivity index is 2.15. The molecule has 2 fully saturated rings. The lowest BCUT2D eigenvalue weighted by atomic mass is 9.80. The number of carbonyl (C=O) groups is 5. The predicted molar refractivity (Wildman–Crippen MR) is 111 cm³/mol. The van der Waals surface area contributed by atoms with Crippen LogP contribution in [0.5, 0.6) is 0 Å². The van der Waals surface area contributed by atoms with Crippen molar-refractivity contribution in [3.63, 3.8) is 0 Å². The van der Waals surface area contributed by atoms with E-state index < -0.39 is 60.0 Å². The fourth-order valence-corrected chi connectivity index (χ4v) is 4.25. The number of ether oxygens (including phenoxy) is 5. The van der Waals surface area contributed by atoms with Gasteiger partial charge >= 0.3 is 23.9 Å². The van der Waals surface area contributed by atoms with Crippen LogP contribution in [0.15, 0.2) is 23.3 Å². The SMILES string of the molecule is C=C(C)C(=O)O[C@H]1C[C@](C)(OC(C)=O)C(=O)CC[C@@]2(C)O[C@@H]2C2OC(=O)C(COC(C)=O)=C21. The molecule has 3 aliphatic rings. The molecule has 1 unspecified atom stereocenters. The molecule has 10 heteroatoms. The molecule has 10 nitrogen and oxygen atoms in total. The Bertz CT molecular complexity index is 962. The van der Waals surface area contributed by atoms with Crippen LogP contribution in [0.25, 0.3) is 0 Å². The molecule has 0 amide bonds. The normalized spacial score (nSPS) is 33.3. The summed E-state index contributed by atoms with van der Waals surface area (Å²) in [7, 11) is 0. The quantitative estimate of drug-likeness (QED) is 0.255. The lowest BCUT2D eigenvalue weighted by Gasteiger charge is -2.34. The topological polar surface area (TPSA) is 135 Å². The van der Waals surface area contributed by atoms with E-state index in [-0.39, 0.29) is 35.3 Å². The van der Waals surface area contributed by atoms with Crippen molar-refractivity contribution in [2.75, 3.05) is 6.61 Å². The first-order chi connectivity index (χ1) is 15.3. The molecule has 0 aromatic rings. The van der Waals surface area contributed by atoms with Gasteiger partial charge in [0.15, 0.2) is 17.5 Å². The summed E-state index contributed by atoms with van der Waals surface area (Å²) in [6.07, 6.45) is -2.63. The number of fused-ring (bicyclic) bond motifs is 3. The van der Waals surface area contributed by atoms with Crippen LogP contribution in [0.2, 0.25) is 0 Å². The van der Waals surface area contributed by atoms with E-state index in [1.54, 1.807) is 6.92 Å². The summed E-state index contributed by atoms with van der Waals surface area (Å²) in [4.78, 5) is 61.6. The fraction of sp³-hybridized carbons (Fsp3) is 0.609. The third-order valence-corrected chi connectivity index (χ3v) is 6.10. The lowest BCUT2D eigenvalue weighted by molar-refractivity contribution is -0.169. The highest BCUT2D eigenvalue weighted by Crippen LogP contribution is 2.50. The highest BCUT2D eigenvalue weighted by atomic mass is 16.7. The van der Waals surface area contributed by atoms with E-state index >= 15 is 0 Å². The largest absolute Gasteiger partial charge is 0.461 e. The molecule has 0 bridgehead atoms. The minimum absolute atomic E-state index is 0.00855. The summed E-state index contributed by atoms with van der Waals surface area (Å²) in [5, 5.41) is 0. The number of esters is 4. The molecule has 0 N–H and O–H groups in total. The molecule has 33 heavy (non-hydrogen) atoms. The van der Waals surface area contributed by atoms with E-state index in [2.05, 4.69) is 6.58 Å². The second kappa shape index (κ2) is 8.74. The van der Waals surface area contributed by atoms with Gasteiger partial charge in [-0.1, -0.05) is 6.58 Å². The zero-order valence-corrected chi connectivity index (χ0v) is 19.4. The summed E-state index contributed by atoms with van der Waals surface area (Å²) in [5.74, 6) is -3.21. The van der Waals surface area contributed by atoms with Crippen molar-refractivity contribution in [2.24, 2.45) is 0 Å². The number of carbonyl (C=O) groups excluding carboxylic acids is 5. The van der Waals surface area contributed by atoms with Gasteiger partial charge < -0.3 is 23.7 Å². The van der Waals surface area contributed by atoms with Gasteiger partial charge in [-0.25, -0.2) is 9.59 Å². The third-order valence-electron chi connectivity index (χ3n) is 6.10. The van der Waals surface area contributed by atoms with Crippen LogP contribution in [-0.2, 0) is 47.7 Å². The van der Waals surface area contributed by atoms with Crippen molar-refractivity contribution in [3.05, 3.63) is 23.3 Å². The van der Waals surface area contributed by atoms with Gasteiger partial charge in [0.2, 0.25) is 0 Å². The minimum atomic E-state index is -1.65. The number of hydrogen-bond donors (Lipinski definition) is 0. The van der Waals surface area contributed by atoms with Crippen molar-refractivity contribution < 1.29 is 47.7 Å². The summed E-state index contributed by atoms with van der Waals surface area (Å²) in [6.45, 7) is 10.2. The molecule has 0 aromatic heterocycles. The van der Waals surface area contributed by atoms with Crippen LogP contribution in [0.4, 0.5) is 0 Å². The molecule has 180 valence electrons. The summed E-state index contributed by atoms with van der Waals surface area (Å²) in [6, 6.07) is 0. The van der Waals surface area contributed by atoms with Gasteiger partial charge in [-0.2, -0.15) is 0 Å². The average Bonchev–Trinajstić information content (AvgIpc) is 3.25. The van der Waals surface area contributed by atoms with Gasteiger partial charge in [0.1, 0.15) is 18.8 Å². The van der Waals surface area contributed by atoms with E-state index in [4.69, 9.17) is 23.7 Å². The maximum atomic E-state index is 13.1. The molecule has 2 aliphatic heterocycles. The van der Waals surface area contributed by atoms with Gasteiger partial charge in [-0.3, -0.25) is 14.4 Å². The number of Topliss-reactive ketones (excluding diaryl/α,β-unsaturated/α-hetero) is 1. The van der Waals surface area contributed by atoms with Crippen LogP contribution in [0, 0.1) is 0 Å². The summed E-state index contributed by atoms with van der Waals surface area (Å²) in [5.41, 5.74) is -2.13. The molecule has 2 heterocycles. The monoisotopic (exact) mass is 464 g/mol. The van der Waals surface area contributed by atoms with E-state index in [0.29, 0.717) is 6.42 Å². The van der Waals surface area contributed by atoms with Crippen LogP contribution in [-0.4, -0.2) is 65.8 Å². The minimum Gasteiger partial charge on any atom is -0.461 e. The molecule has 0 spiro atoms. The van der Waals surface area contributed by atoms with Crippen LogP contribution in [0.1, 0.15) is 53.9 Å².